The van der Waals surface area contributed by atoms with E-state index in [1.54, 1.807) is 0 Å². The summed E-state index contributed by atoms with van der Waals surface area (Å²) in [6.45, 7) is 1.84. The molecule has 0 spiro atoms. The van der Waals surface area contributed by atoms with Gasteiger partial charge in [0.15, 0.2) is 0 Å². The van der Waals surface area contributed by atoms with E-state index in [1.807, 2.05) is 19.1 Å². The van der Waals surface area contributed by atoms with Gasteiger partial charge in [0.2, 0.25) is 0 Å². The number of benzene rings is 1. The number of rotatable bonds is 2. The van der Waals surface area contributed by atoms with Crippen molar-refractivity contribution in [3.8, 4) is 11.8 Å². The van der Waals surface area contributed by atoms with Crippen LogP contribution in [0.15, 0.2) is 42.5 Å². The van der Waals surface area contributed by atoms with E-state index in [0.717, 1.165) is 6.42 Å². The van der Waals surface area contributed by atoms with Crippen molar-refractivity contribution in [1.82, 2.24) is 0 Å². The molecular formula is C12H12. The van der Waals surface area contributed by atoms with E-state index in [0.29, 0.717) is 0 Å². The zero-order valence-electron chi connectivity index (χ0n) is 7.25. The zero-order valence-corrected chi connectivity index (χ0v) is 7.25. The van der Waals surface area contributed by atoms with Gasteiger partial charge in [0.05, 0.1) is 0 Å². The second-order valence-corrected chi connectivity index (χ2v) is 2.49. The Morgan fingerprint density at radius 3 is 2.67 bits per heavy atom. The first kappa shape index (κ1) is 8.62. The van der Waals surface area contributed by atoms with Crippen LogP contribution >= 0.6 is 0 Å². The molecule has 12 heavy (non-hydrogen) atoms. The van der Waals surface area contributed by atoms with Crippen LogP contribution in [-0.2, 0) is 6.42 Å². The first-order chi connectivity index (χ1) is 5.93. The average Bonchev–Trinajstić information content (AvgIpc) is 2.14. The molecule has 0 aliphatic rings. The van der Waals surface area contributed by atoms with Gasteiger partial charge in [-0.3, -0.25) is 0 Å². The third-order valence-electron chi connectivity index (χ3n) is 1.54. The van der Waals surface area contributed by atoms with Gasteiger partial charge in [-0.25, -0.2) is 0 Å². The van der Waals surface area contributed by atoms with Crippen molar-refractivity contribution < 1.29 is 0 Å². The SMILES string of the molecule is CC#CC=CCc1ccccc1. The smallest absolute Gasteiger partial charge is 0.00235 e. The number of allylic oxidation sites excluding steroid dienone is 2. The highest BCUT2D eigenvalue weighted by Gasteiger charge is 1.83. The standard InChI is InChI=1S/C12H12/c1-2-3-4-6-9-12-10-7-5-8-11-12/h4-8,10-11H,9H2,1H3. The molecule has 0 amide bonds. The van der Waals surface area contributed by atoms with Gasteiger partial charge in [-0.15, -0.1) is 5.92 Å². The van der Waals surface area contributed by atoms with Gasteiger partial charge < -0.3 is 0 Å². The van der Waals surface area contributed by atoms with Gasteiger partial charge in [0.25, 0.3) is 0 Å². The summed E-state index contributed by atoms with van der Waals surface area (Å²) in [6, 6.07) is 10.4. The molecule has 1 aromatic rings. The molecule has 0 bridgehead atoms. The molecule has 0 nitrogen and oxygen atoms in total. The maximum atomic E-state index is 2.89. The van der Waals surface area contributed by atoms with Crippen molar-refractivity contribution in [2.45, 2.75) is 13.3 Å². The first-order valence-corrected chi connectivity index (χ1v) is 4.04. The monoisotopic (exact) mass is 156 g/mol. The number of hydrogen-bond acceptors (Lipinski definition) is 0. The molecule has 0 saturated carbocycles. The molecule has 0 N–H and O–H groups in total. The Hall–Kier alpha value is -1.48. The van der Waals surface area contributed by atoms with Crippen molar-refractivity contribution in [3.05, 3.63) is 48.0 Å². The van der Waals surface area contributed by atoms with Crippen LogP contribution in [0.25, 0.3) is 0 Å². The molecule has 0 atom stereocenters. The maximum Gasteiger partial charge on any atom is -0.00235 e. The van der Waals surface area contributed by atoms with E-state index in [9.17, 15) is 0 Å². The van der Waals surface area contributed by atoms with E-state index < -0.39 is 0 Å². The summed E-state index contributed by atoms with van der Waals surface area (Å²) < 4.78 is 0. The fourth-order valence-corrected chi connectivity index (χ4v) is 0.951. The fourth-order valence-electron chi connectivity index (χ4n) is 0.951. The third-order valence-corrected chi connectivity index (χ3v) is 1.54. The second-order valence-electron chi connectivity index (χ2n) is 2.49. The minimum atomic E-state index is 0.968. The lowest BCUT2D eigenvalue weighted by Gasteiger charge is -1.91. The molecule has 1 aromatic carbocycles. The largest absolute Gasteiger partial charge is 0.102 e. The molecule has 0 aliphatic carbocycles. The highest BCUT2D eigenvalue weighted by molar-refractivity contribution is 5.21. The molecule has 0 radical (unpaired) electrons. The molecule has 60 valence electrons. The van der Waals surface area contributed by atoms with Crippen molar-refractivity contribution in [3.63, 3.8) is 0 Å². The van der Waals surface area contributed by atoms with Crippen LogP contribution in [0.2, 0.25) is 0 Å². The second kappa shape index (κ2) is 5.21. The van der Waals surface area contributed by atoms with Crippen LogP contribution in [0.3, 0.4) is 0 Å². The van der Waals surface area contributed by atoms with E-state index in [-0.39, 0.29) is 0 Å². The van der Waals surface area contributed by atoms with Crippen LogP contribution < -0.4 is 0 Å². The molecular weight excluding hydrogens is 144 g/mol. The van der Waals surface area contributed by atoms with Crippen LogP contribution in [0.5, 0.6) is 0 Å². The van der Waals surface area contributed by atoms with Crippen LogP contribution in [-0.4, -0.2) is 0 Å². The molecule has 0 heteroatoms. The Bertz CT molecular complexity index is 296. The molecule has 0 saturated heterocycles. The predicted octanol–water partition coefficient (Wildman–Crippen LogP) is 2.81. The van der Waals surface area contributed by atoms with Crippen LogP contribution in [0, 0.1) is 11.8 Å². The van der Waals surface area contributed by atoms with Gasteiger partial charge in [-0.2, -0.15) is 0 Å². The van der Waals surface area contributed by atoms with Crippen molar-refractivity contribution in [2.24, 2.45) is 0 Å². The highest BCUT2D eigenvalue weighted by Crippen LogP contribution is 1.99. The summed E-state index contributed by atoms with van der Waals surface area (Å²) in [5, 5.41) is 0. The van der Waals surface area contributed by atoms with E-state index in [2.05, 4.69) is 42.2 Å². The number of hydrogen-bond donors (Lipinski definition) is 0. The Labute approximate surface area is 73.9 Å². The van der Waals surface area contributed by atoms with Gasteiger partial charge in [0, 0.05) is 0 Å². The van der Waals surface area contributed by atoms with Gasteiger partial charge >= 0.3 is 0 Å². The molecule has 0 unspecified atom stereocenters. The third kappa shape index (κ3) is 3.07. The molecule has 0 fully saturated rings. The Morgan fingerprint density at radius 1 is 1.25 bits per heavy atom. The molecule has 0 heterocycles. The Morgan fingerprint density at radius 2 is 2.00 bits per heavy atom. The minimum absolute atomic E-state index is 0.968. The summed E-state index contributed by atoms with van der Waals surface area (Å²) in [5.41, 5.74) is 1.33. The van der Waals surface area contributed by atoms with Crippen LogP contribution in [0.1, 0.15) is 12.5 Å². The van der Waals surface area contributed by atoms with Gasteiger partial charge in [0.1, 0.15) is 0 Å². The Balaban J connectivity index is 2.47. The maximum absolute atomic E-state index is 2.89. The van der Waals surface area contributed by atoms with Crippen molar-refractivity contribution in [2.75, 3.05) is 0 Å². The van der Waals surface area contributed by atoms with E-state index >= 15 is 0 Å². The average molecular weight is 156 g/mol. The summed E-state index contributed by atoms with van der Waals surface area (Å²) in [6.07, 6.45) is 4.94. The normalized spacial score (nSPS) is 9.42. The fraction of sp³-hybridized carbons (Fsp3) is 0.167. The molecule has 0 aromatic heterocycles. The lowest BCUT2D eigenvalue weighted by Crippen LogP contribution is -1.77. The molecule has 1 rings (SSSR count). The van der Waals surface area contributed by atoms with Crippen LogP contribution in [0.4, 0.5) is 0 Å². The zero-order chi connectivity index (χ0) is 8.65. The quantitative estimate of drug-likeness (QED) is 0.577. The Kier molecular flexibility index (Phi) is 3.74. The summed E-state index contributed by atoms with van der Waals surface area (Å²) in [4.78, 5) is 0. The summed E-state index contributed by atoms with van der Waals surface area (Å²) in [7, 11) is 0. The summed E-state index contributed by atoms with van der Waals surface area (Å²) >= 11 is 0. The van der Waals surface area contributed by atoms with Crippen molar-refractivity contribution in [1.29, 1.82) is 0 Å². The van der Waals surface area contributed by atoms with E-state index in [1.165, 1.54) is 5.56 Å². The van der Waals surface area contributed by atoms with Gasteiger partial charge in [-0.1, -0.05) is 42.3 Å². The van der Waals surface area contributed by atoms with Crippen molar-refractivity contribution >= 4 is 0 Å². The lowest BCUT2D eigenvalue weighted by molar-refractivity contribution is 1.27. The topological polar surface area (TPSA) is 0 Å². The highest BCUT2D eigenvalue weighted by atomic mass is 13.9. The summed E-state index contributed by atoms with van der Waals surface area (Å²) in [5.74, 6) is 5.71. The van der Waals surface area contributed by atoms with Gasteiger partial charge in [-0.05, 0) is 25.0 Å². The van der Waals surface area contributed by atoms with E-state index in [4.69, 9.17) is 0 Å². The lowest BCUT2D eigenvalue weighted by atomic mass is 10.1. The predicted molar refractivity (Wildman–Crippen MR) is 52.7 cm³/mol. The first-order valence-electron chi connectivity index (χ1n) is 4.04. The molecule has 0 aliphatic heterocycles. The minimum Gasteiger partial charge on any atom is -0.102 e.